The van der Waals surface area contributed by atoms with Gasteiger partial charge in [0.1, 0.15) is 0 Å². The molecule has 0 aromatic rings. The Hall–Kier alpha value is 0.597. The average Bonchev–Trinajstić information content (AvgIpc) is 2.08. The van der Waals surface area contributed by atoms with Gasteiger partial charge in [0, 0.05) is 0 Å². The Labute approximate surface area is 110 Å². The Balaban J connectivity index is 0. The molecule has 86 valence electrons. The Morgan fingerprint density at radius 2 is 1.13 bits per heavy atom. The molecule has 0 nitrogen and oxygen atoms in total. The third-order valence-corrected chi connectivity index (χ3v) is 2.68. The number of rotatable bonds is 8. The summed E-state index contributed by atoms with van der Waals surface area (Å²) >= 11 is 0. The molecule has 0 radical (unpaired) electrons. The Kier molecular flexibility index (Phi) is 13.3. The summed E-state index contributed by atoms with van der Waals surface area (Å²) in [6.07, 6.45) is 12.4. The predicted molar refractivity (Wildman–Crippen MR) is 66.4 cm³/mol. The minimum Gasteiger partial charge on any atom is -0.343 e. The van der Waals surface area contributed by atoms with Gasteiger partial charge < -0.3 is 6.92 Å². The van der Waals surface area contributed by atoms with Gasteiger partial charge in [-0.05, 0) is 11.8 Å². The molecule has 0 bridgehead atoms. The molecular weight excluding hydrogens is 175 g/mol. The molecule has 0 heterocycles. The monoisotopic (exact) mass is 204 g/mol. The summed E-state index contributed by atoms with van der Waals surface area (Å²) < 4.78 is 0. The first-order valence-corrected chi connectivity index (χ1v) is 6.35. The molecule has 15 heavy (non-hydrogen) atoms. The maximum absolute atomic E-state index is 3.86. The molecule has 0 spiro atoms. The molecular formula is C14H29Li. The summed E-state index contributed by atoms with van der Waals surface area (Å²) in [4.78, 5) is 0. The predicted octanol–water partition coefficient (Wildman–Crippen LogP) is 2.38. The van der Waals surface area contributed by atoms with E-state index in [2.05, 4.69) is 27.7 Å². The molecule has 0 unspecified atom stereocenters. The van der Waals surface area contributed by atoms with Gasteiger partial charge in [-0.1, -0.05) is 65.7 Å². The number of hydrogen-bond acceptors (Lipinski definition) is 0. The van der Waals surface area contributed by atoms with Gasteiger partial charge in [-0.3, -0.25) is 0 Å². The van der Waals surface area contributed by atoms with E-state index in [9.17, 15) is 0 Å². The van der Waals surface area contributed by atoms with Gasteiger partial charge in [-0.15, -0.1) is 0 Å². The second-order valence-corrected chi connectivity index (χ2v) is 5.64. The van der Waals surface area contributed by atoms with Crippen molar-refractivity contribution in [2.24, 2.45) is 5.41 Å². The van der Waals surface area contributed by atoms with Crippen LogP contribution in [0.2, 0.25) is 0 Å². The van der Waals surface area contributed by atoms with Gasteiger partial charge in [0.25, 0.3) is 0 Å². The molecule has 0 aromatic heterocycles. The molecule has 0 saturated heterocycles. The first-order valence-electron chi connectivity index (χ1n) is 6.35. The molecule has 0 aliphatic rings. The summed E-state index contributed by atoms with van der Waals surface area (Å²) in [5, 5.41) is 0. The van der Waals surface area contributed by atoms with Crippen LogP contribution in [0.4, 0.5) is 0 Å². The molecule has 0 amide bonds. The number of hydrogen-bond donors (Lipinski definition) is 0. The Bertz CT molecular complexity index is 113. The van der Waals surface area contributed by atoms with E-state index < -0.39 is 0 Å². The Morgan fingerprint density at radius 3 is 1.53 bits per heavy atom. The van der Waals surface area contributed by atoms with Crippen molar-refractivity contribution >= 4 is 0 Å². The van der Waals surface area contributed by atoms with E-state index >= 15 is 0 Å². The van der Waals surface area contributed by atoms with Crippen LogP contribution in [0.25, 0.3) is 0 Å². The summed E-state index contributed by atoms with van der Waals surface area (Å²) in [5.74, 6) is 0. The van der Waals surface area contributed by atoms with E-state index in [1.165, 1.54) is 51.4 Å². The third kappa shape index (κ3) is 17.2. The van der Waals surface area contributed by atoms with Crippen LogP contribution in [0.5, 0.6) is 0 Å². The van der Waals surface area contributed by atoms with E-state index in [0.29, 0.717) is 5.41 Å². The van der Waals surface area contributed by atoms with Gasteiger partial charge in [-0.25, -0.2) is 0 Å². The van der Waals surface area contributed by atoms with E-state index in [4.69, 9.17) is 0 Å². The summed E-state index contributed by atoms with van der Waals surface area (Å²) in [7, 11) is 0. The van der Waals surface area contributed by atoms with Crippen LogP contribution in [0.3, 0.4) is 0 Å². The topological polar surface area (TPSA) is 0 Å². The van der Waals surface area contributed by atoms with Crippen LogP contribution in [0, 0.1) is 12.3 Å². The summed E-state index contributed by atoms with van der Waals surface area (Å²) in [6, 6.07) is 0. The molecule has 0 rings (SSSR count). The molecule has 0 atom stereocenters. The molecule has 1 heteroatoms. The minimum atomic E-state index is 0. The van der Waals surface area contributed by atoms with Crippen molar-refractivity contribution in [3.8, 4) is 0 Å². The van der Waals surface area contributed by atoms with Crippen molar-refractivity contribution in [2.45, 2.75) is 78.6 Å². The van der Waals surface area contributed by atoms with Crippen LogP contribution < -0.4 is 18.9 Å². The maximum atomic E-state index is 3.86. The fourth-order valence-electron chi connectivity index (χ4n) is 1.72. The maximum Gasteiger partial charge on any atom is 1.00 e. The van der Waals surface area contributed by atoms with Crippen molar-refractivity contribution in [1.29, 1.82) is 0 Å². The van der Waals surface area contributed by atoms with E-state index in [1.54, 1.807) is 0 Å². The molecule has 0 N–H and O–H groups in total. The molecule has 0 fully saturated rings. The zero-order valence-corrected chi connectivity index (χ0v) is 11.6. The van der Waals surface area contributed by atoms with Crippen LogP contribution in [0.15, 0.2) is 0 Å². The molecule has 0 aliphatic carbocycles. The summed E-state index contributed by atoms with van der Waals surface area (Å²) in [5.41, 5.74) is 0.536. The largest absolute Gasteiger partial charge is 1.00 e. The van der Waals surface area contributed by atoms with Crippen LogP contribution >= 0.6 is 0 Å². The standard InChI is InChI=1S/C14H29.Li/c1-5-6-7-8-9-10-11-12-13-14(2,3)4;/h1,5-13H2,2-4H3;/q-1;+1. The first kappa shape index (κ1) is 18.0. The minimum absolute atomic E-state index is 0. The van der Waals surface area contributed by atoms with Crippen molar-refractivity contribution in [3.05, 3.63) is 6.92 Å². The fraction of sp³-hybridized carbons (Fsp3) is 0.929. The second-order valence-electron chi connectivity index (χ2n) is 5.64. The van der Waals surface area contributed by atoms with Crippen LogP contribution in [0.1, 0.15) is 78.6 Å². The Morgan fingerprint density at radius 1 is 0.733 bits per heavy atom. The van der Waals surface area contributed by atoms with Crippen molar-refractivity contribution in [3.63, 3.8) is 0 Å². The van der Waals surface area contributed by atoms with E-state index in [1.807, 2.05) is 0 Å². The fourth-order valence-corrected chi connectivity index (χ4v) is 1.72. The molecule has 0 saturated carbocycles. The van der Waals surface area contributed by atoms with Crippen molar-refractivity contribution in [2.75, 3.05) is 0 Å². The van der Waals surface area contributed by atoms with Gasteiger partial charge in [0.15, 0.2) is 0 Å². The smallest absolute Gasteiger partial charge is 0.343 e. The van der Waals surface area contributed by atoms with E-state index in [0.717, 1.165) is 6.42 Å². The normalized spacial score (nSPS) is 11.2. The second kappa shape index (κ2) is 11.1. The first-order chi connectivity index (χ1) is 6.56. The molecule has 0 aromatic carbocycles. The van der Waals surface area contributed by atoms with Gasteiger partial charge >= 0.3 is 18.9 Å². The van der Waals surface area contributed by atoms with Gasteiger partial charge in [-0.2, -0.15) is 6.42 Å². The average molecular weight is 204 g/mol. The number of unbranched alkanes of at least 4 members (excludes halogenated alkanes) is 7. The van der Waals surface area contributed by atoms with Crippen LogP contribution in [-0.4, -0.2) is 0 Å². The van der Waals surface area contributed by atoms with E-state index in [-0.39, 0.29) is 18.9 Å². The quantitative estimate of drug-likeness (QED) is 0.323. The third-order valence-electron chi connectivity index (χ3n) is 2.68. The van der Waals surface area contributed by atoms with Gasteiger partial charge in [0.05, 0.1) is 0 Å². The molecule has 0 aliphatic heterocycles. The van der Waals surface area contributed by atoms with Crippen molar-refractivity contribution in [1.82, 2.24) is 0 Å². The van der Waals surface area contributed by atoms with Crippen molar-refractivity contribution < 1.29 is 18.9 Å². The SMILES string of the molecule is [CH2-]CCCCCCCCCC(C)(C)C.[Li+]. The van der Waals surface area contributed by atoms with Gasteiger partial charge in [0.2, 0.25) is 0 Å². The zero-order chi connectivity index (χ0) is 10.9. The van der Waals surface area contributed by atoms with Crippen LogP contribution in [-0.2, 0) is 0 Å². The summed E-state index contributed by atoms with van der Waals surface area (Å²) in [6.45, 7) is 10.9. The zero-order valence-electron chi connectivity index (χ0n) is 11.6.